The molecule has 3 heterocycles. The van der Waals surface area contributed by atoms with E-state index in [4.69, 9.17) is 18.8 Å². The van der Waals surface area contributed by atoms with Gasteiger partial charge in [0, 0.05) is 12.0 Å². The Bertz CT molecular complexity index is 467. The smallest absolute Gasteiger partial charge is 0.457 e. The van der Waals surface area contributed by atoms with Crippen LogP contribution in [-0.4, -0.2) is 56.7 Å². The number of hydrogen-bond acceptors (Lipinski definition) is 6. The molecule has 3 rings (SSSR count). The molecule has 3 aliphatic heterocycles. The van der Waals surface area contributed by atoms with E-state index in [1.807, 2.05) is 0 Å². The molecule has 0 spiro atoms. The normalized spacial score (nSPS) is 37.3. The van der Waals surface area contributed by atoms with Crippen LogP contribution in [0.4, 0.5) is 0 Å². The highest BCUT2D eigenvalue weighted by atomic mass is 16.7. The summed E-state index contributed by atoms with van der Waals surface area (Å²) in [6.07, 6.45) is 2.79. The SMILES string of the molecule is COC(=O)[C@H]1NC[C@@H]2OC[C@@]21CCCB1OC(C)(C)C(C)(C)O1. The molecule has 0 aliphatic carbocycles. The van der Waals surface area contributed by atoms with Crippen LogP contribution in [0.25, 0.3) is 0 Å². The monoisotopic (exact) mass is 325 g/mol. The third-order valence-electron chi connectivity index (χ3n) is 6.10. The first kappa shape index (κ1) is 17.2. The minimum absolute atomic E-state index is 0.116. The lowest BCUT2D eigenvalue weighted by Crippen LogP contribution is -2.57. The first-order valence-electron chi connectivity index (χ1n) is 8.50. The van der Waals surface area contributed by atoms with Crippen molar-refractivity contribution >= 4 is 13.1 Å². The minimum Gasteiger partial charge on any atom is -0.468 e. The van der Waals surface area contributed by atoms with E-state index < -0.39 is 0 Å². The van der Waals surface area contributed by atoms with Crippen LogP contribution in [0.1, 0.15) is 40.5 Å². The highest BCUT2D eigenvalue weighted by Crippen LogP contribution is 2.47. The van der Waals surface area contributed by atoms with Gasteiger partial charge in [0.15, 0.2) is 0 Å². The molecule has 0 amide bonds. The highest BCUT2D eigenvalue weighted by molar-refractivity contribution is 6.45. The summed E-state index contributed by atoms with van der Waals surface area (Å²) in [7, 11) is 1.26. The number of hydrogen-bond donors (Lipinski definition) is 1. The van der Waals surface area contributed by atoms with Gasteiger partial charge >= 0.3 is 13.1 Å². The summed E-state index contributed by atoms with van der Waals surface area (Å²) >= 11 is 0. The molecular weight excluding hydrogens is 297 g/mol. The van der Waals surface area contributed by atoms with E-state index in [2.05, 4.69) is 33.0 Å². The Labute approximate surface area is 138 Å². The van der Waals surface area contributed by atoms with Crippen molar-refractivity contribution in [2.24, 2.45) is 5.41 Å². The van der Waals surface area contributed by atoms with Crippen molar-refractivity contribution < 1.29 is 23.6 Å². The van der Waals surface area contributed by atoms with Crippen LogP contribution in [0.2, 0.25) is 6.32 Å². The maximum atomic E-state index is 12.0. The minimum atomic E-state index is -0.290. The summed E-state index contributed by atoms with van der Waals surface area (Å²) in [5, 5.41) is 3.25. The predicted octanol–water partition coefficient (Wildman–Crippen LogP) is 1.39. The zero-order chi connectivity index (χ0) is 16.9. The van der Waals surface area contributed by atoms with Gasteiger partial charge in [0.2, 0.25) is 0 Å². The Morgan fingerprint density at radius 3 is 2.43 bits per heavy atom. The second kappa shape index (κ2) is 5.72. The second-order valence-electron chi connectivity index (χ2n) is 7.98. The summed E-state index contributed by atoms with van der Waals surface area (Å²) < 4.78 is 22.7. The van der Waals surface area contributed by atoms with Gasteiger partial charge in [-0.05, 0) is 40.4 Å². The van der Waals surface area contributed by atoms with Crippen LogP contribution in [-0.2, 0) is 23.6 Å². The van der Waals surface area contributed by atoms with Crippen molar-refractivity contribution in [1.29, 1.82) is 0 Å². The molecular formula is C16H28BNO5. The average Bonchev–Trinajstić information content (AvgIpc) is 2.81. The molecule has 0 aromatic heterocycles. The van der Waals surface area contributed by atoms with Crippen molar-refractivity contribution in [3.63, 3.8) is 0 Å². The van der Waals surface area contributed by atoms with Gasteiger partial charge in [-0.3, -0.25) is 4.79 Å². The molecule has 0 radical (unpaired) electrons. The largest absolute Gasteiger partial charge is 0.468 e. The van der Waals surface area contributed by atoms with E-state index in [-0.39, 0.29) is 41.9 Å². The van der Waals surface area contributed by atoms with Gasteiger partial charge < -0.3 is 24.1 Å². The van der Waals surface area contributed by atoms with Gasteiger partial charge in [-0.15, -0.1) is 0 Å². The van der Waals surface area contributed by atoms with E-state index in [0.29, 0.717) is 6.61 Å². The lowest BCUT2D eigenvalue weighted by molar-refractivity contribution is -0.184. The van der Waals surface area contributed by atoms with Gasteiger partial charge in [0.05, 0.1) is 31.0 Å². The Morgan fingerprint density at radius 1 is 1.26 bits per heavy atom. The summed E-state index contributed by atoms with van der Waals surface area (Å²) in [5.74, 6) is -0.188. The topological polar surface area (TPSA) is 66.0 Å². The summed E-state index contributed by atoms with van der Waals surface area (Å²) in [5.41, 5.74) is -0.709. The predicted molar refractivity (Wildman–Crippen MR) is 86.1 cm³/mol. The zero-order valence-electron chi connectivity index (χ0n) is 14.8. The number of esters is 1. The number of methoxy groups -OCH3 is 1. The van der Waals surface area contributed by atoms with E-state index in [9.17, 15) is 4.79 Å². The van der Waals surface area contributed by atoms with E-state index in [1.54, 1.807) is 0 Å². The van der Waals surface area contributed by atoms with Crippen molar-refractivity contribution in [2.75, 3.05) is 20.3 Å². The van der Waals surface area contributed by atoms with E-state index in [1.165, 1.54) is 7.11 Å². The molecule has 0 unspecified atom stereocenters. The fourth-order valence-electron chi connectivity index (χ4n) is 3.87. The summed E-state index contributed by atoms with van der Waals surface area (Å²) in [6, 6.07) is -0.260. The number of carbonyl (C=O) groups excluding carboxylic acids is 1. The van der Waals surface area contributed by atoms with Crippen LogP contribution < -0.4 is 5.32 Å². The van der Waals surface area contributed by atoms with Crippen LogP contribution in [0, 0.1) is 5.41 Å². The Morgan fingerprint density at radius 2 is 1.91 bits per heavy atom. The third kappa shape index (κ3) is 2.71. The standard InChI is InChI=1S/C16H28BNO5/c1-14(2)15(3,4)23-17(22-14)8-6-7-16-10-21-11(16)9-18-12(16)13(19)20-5/h11-12,18H,6-10H2,1-5H3/t11-,12+,16-/m0/s1. The van der Waals surface area contributed by atoms with E-state index >= 15 is 0 Å². The van der Waals surface area contributed by atoms with Gasteiger partial charge in [-0.2, -0.15) is 0 Å². The maximum Gasteiger partial charge on any atom is 0.457 e. The number of carbonyl (C=O) groups is 1. The van der Waals surface area contributed by atoms with Crippen molar-refractivity contribution in [2.45, 2.75) is 70.2 Å². The van der Waals surface area contributed by atoms with Crippen LogP contribution in [0.5, 0.6) is 0 Å². The first-order chi connectivity index (χ1) is 10.7. The molecule has 0 saturated carbocycles. The molecule has 3 saturated heterocycles. The molecule has 1 N–H and O–H groups in total. The van der Waals surface area contributed by atoms with Gasteiger partial charge in [-0.1, -0.05) is 6.42 Å². The highest BCUT2D eigenvalue weighted by Gasteiger charge is 2.60. The van der Waals surface area contributed by atoms with Gasteiger partial charge in [0.1, 0.15) is 6.04 Å². The molecule has 0 aromatic rings. The Hall–Kier alpha value is -0.625. The zero-order valence-corrected chi connectivity index (χ0v) is 14.8. The molecule has 130 valence electrons. The van der Waals surface area contributed by atoms with Crippen LogP contribution >= 0.6 is 0 Å². The van der Waals surface area contributed by atoms with Crippen LogP contribution in [0.3, 0.4) is 0 Å². The van der Waals surface area contributed by atoms with Gasteiger partial charge in [-0.25, -0.2) is 0 Å². The molecule has 23 heavy (non-hydrogen) atoms. The molecule has 6 nitrogen and oxygen atoms in total. The molecule has 0 bridgehead atoms. The van der Waals surface area contributed by atoms with E-state index in [0.717, 1.165) is 25.7 Å². The molecule has 3 atom stereocenters. The fourth-order valence-corrected chi connectivity index (χ4v) is 3.87. The summed E-state index contributed by atoms with van der Waals surface area (Å²) in [4.78, 5) is 12.0. The Balaban J connectivity index is 1.55. The fraction of sp³-hybridized carbons (Fsp3) is 0.938. The lowest BCUT2D eigenvalue weighted by Gasteiger charge is -2.46. The Kier molecular flexibility index (Phi) is 4.28. The molecule has 3 aliphatic rings. The van der Waals surface area contributed by atoms with Crippen molar-refractivity contribution in [3.8, 4) is 0 Å². The quantitative estimate of drug-likeness (QED) is 0.609. The first-order valence-corrected chi connectivity index (χ1v) is 8.50. The number of nitrogens with one attached hydrogen (secondary N) is 1. The van der Waals surface area contributed by atoms with Crippen molar-refractivity contribution in [1.82, 2.24) is 5.32 Å². The lowest BCUT2D eigenvalue weighted by atomic mass is 9.69. The number of ether oxygens (including phenoxy) is 2. The second-order valence-corrected chi connectivity index (χ2v) is 7.98. The van der Waals surface area contributed by atoms with Gasteiger partial charge in [0.25, 0.3) is 0 Å². The van der Waals surface area contributed by atoms with Crippen molar-refractivity contribution in [3.05, 3.63) is 0 Å². The average molecular weight is 325 g/mol. The molecule has 0 aromatic carbocycles. The maximum absolute atomic E-state index is 12.0. The number of fused-ring (bicyclic) bond motifs is 1. The molecule has 7 heteroatoms. The third-order valence-corrected chi connectivity index (χ3v) is 6.10. The number of rotatable bonds is 5. The summed E-state index contributed by atoms with van der Waals surface area (Å²) in [6.45, 7) is 9.60. The van der Waals surface area contributed by atoms with Crippen LogP contribution in [0.15, 0.2) is 0 Å². The molecule has 3 fully saturated rings.